The largest absolute Gasteiger partial charge is 0.394 e. The maximum absolute atomic E-state index is 12.2. The third-order valence-corrected chi connectivity index (χ3v) is 3.35. The lowest BCUT2D eigenvalue weighted by Gasteiger charge is -2.34. The van der Waals surface area contributed by atoms with Crippen molar-refractivity contribution >= 4 is 21.8 Å². The minimum absolute atomic E-state index is 0.0672. The fourth-order valence-electron chi connectivity index (χ4n) is 1.43. The lowest BCUT2D eigenvalue weighted by Crippen LogP contribution is -2.47. The van der Waals surface area contributed by atoms with Crippen LogP contribution in [0.4, 0.5) is 0 Å². The van der Waals surface area contributed by atoms with Gasteiger partial charge < -0.3 is 10.0 Å². The molecule has 4 heteroatoms. The van der Waals surface area contributed by atoms with E-state index in [2.05, 4.69) is 15.9 Å². The van der Waals surface area contributed by atoms with E-state index in [9.17, 15) is 9.90 Å². The normalized spacial score (nSPS) is 11.4. The van der Waals surface area contributed by atoms with E-state index in [1.807, 2.05) is 32.9 Å². The number of aryl methyl sites for hydroxylation is 1. The molecule has 3 nitrogen and oxygen atoms in total. The number of nitrogens with zero attached hydrogens (tertiary/aromatic N) is 1. The van der Waals surface area contributed by atoms with E-state index in [4.69, 9.17) is 0 Å². The molecule has 1 N–H and O–H groups in total. The number of benzene rings is 1. The number of rotatable bonds is 3. The van der Waals surface area contributed by atoms with Gasteiger partial charge in [-0.2, -0.15) is 0 Å². The number of carbonyl (C=O) groups excluding carboxylic acids is 1. The van der Waals surface area contributed by atoms with Crippen molar-refractivity contribution in [1.29, 1.82) is 0 Å². The topological polar surface area (TPSA) is 40.5 Å². The van der Waals surface area contributed by atoms with Gasteiger partial charge in [-0.15, -0.1) is 0 Å². The minimum atomic E-state index is -0.562. The van der Waals surface area contributed by atoms with Crippen molar-refractivity contribution in [3.63, 3.8) is 0 Å². The smallest absolute Gasteiger partial charge is 0.254 e. The van der Waals surface area contributed by atoms with E-state index >= 15 is 0 Å². The molecular weight excluding hydrogens is 282 g/mol. The van der Waals surface area contributed by atoms with Crippen molar-refractivity contribution in [3.8, 4) is 0 Å². The van der Waals surface area contributed by atoms with Crippen molar-refractivity contribution in [1.82, 2.24) is 4.90 Å². The number of amides is 1. The predicted molar refractivity (Wildman–Crippen MR) is 72.1 cm³/mol. The Morgan fingerprint density at radius 2 is 2.00 bits per heavy atom. The summed E-state index contributed by atoms with van der Waals surface area (Å²) in [6.45, 7) is 5.53. The van der Waals surface area contributed by atoms with Crippen LogP contribution in [-0.4, -0.2) is 35.1 Å². The van der Waals surface area contributed by atoms with Gasteiger partial charge in [-0.05, 0) is 44.5 Å². The van der Waals surface area contributed by atoms with Crippen LogP contribution in [0.25, 0.3) is 0 Å². The number of halogens is 1. The van der Waals surface area contributed by atoms with Gasteiger partial charge in [0.05, 0.1) is 12.1 Å². The maximum Gasteiger partial charge on any atom is 0.254 e. The van der Waals surface area contributed by atoms with Crippen molar-refractivity contribution in [3.05, 3.63) is 33.8 Å². The summed E-state index contributed by atoms with van der Waals surface area (Å²) >= 11 is 3.38. The van der Waals surface area contributed by atoms with Crippen LogP contribution in [0.2, 0.25) is 0 Å². The molecule has 0 saturated carbocycles. The van der Waals surface area contributed by atoms with Gasteiger partial charge in [0, 0.05) is 17.1 Å². The Morgan fingerprint density at radius 1 is 1.41 bits per heavy atom. The van der Waals surface area contributed by atoms with Gasteiger partial charge in [-0.25, -0.2) is 0 Å². The number of aliphatic hydroxyl groups excluding tert-OH is 1. The SMILES string of the molecule is Cc1cc(Br)cc(C(=O)N(C)C(C)(C)CO)c1. The predicted octanol–water partition coefficient (Wildman–Crippen LogP) is 2.60. The first-order valence-electron chi connectivity index (χ1n) is 5.44. The van der Waals surface area contributed by atoms with Gasteiger partial charge in [0.25, 0.3) is 5.91 Å². The third kappa shape index (κ3) is 3.30. The molecule has 0 fully saturated rings. The van der Waals surface area contributed by atoms with Crippen LogP contribution in [0, 0.1) is 6.92 Å². The standard InChI is InChI=1S/C13H18BrNO2/c1-9-5-10(7-11(14)6-9)12(17)15(4)13(2,3)8-16/h5-7,16H,8H2,1-4H3. The number of hydrogen-bond donors (Lipinski definition) is 1. The van der Waals surface area contributed by atoms with E-state index < -0.39 is 5.54 Å². The molecule has 1 amide bonds. The molecule has 0 aliphatic rings. The Labute approximate surface area is 111 Å². The van der Waals surface area contributed by atoms with E-state index in [1.54, 1.807) is 18.0 Å². The summed E-state index contributed by atoms with van der Waals surface area (Å²) in [4.78, 5) is 13.8. The van der Waals surface area contributed by atoms with Crippen molar-refractivity contribution in [2.24, 2.45) is 0 Å². The Kier molecular flexibility index (Phi) is 4.33. The number of aliphatic hydroxyl groups is 1. The Hall–Kier alpha value is -0.870. The summed E-state index contributed by atoms with van der Waals surface area (Å²) in [6.07, 6.45) is 0. The molecular formula is C13H18BrNO2. The Bertz CT molecular complexity index is 409. The molecule has 94 valence electrons. The molecule has 0 unspecified atom stereocenters. The van der Waals surface area contributed by atoms with Crippen LogP contribution in [0.1, 0.15) is 29.8 Å². The van der Waals surface area contributed by atoms with E-state index in [0.29, 0.717) is 5.56 Å². The molecule has 0 spiro atoms. The number of carbonyl (C=O) groups is 1. The molecule has 17 heavy (non-hydrogen) atoms. The van der Waals surface area contributed by atoms with Crippen LogP contribution in [0.3, 0.4) is 0 Å². The third-order valence-electron chi connectivity index (χ3n) is 2.89. The Morgan fingerprint density at radius 3 is 2.47 bits per heavy atom. The zero-order chi connectivity index (χ0) is 13.2. The van der Waals surface area contributed by atoms with Gasteiger partial charge in [0.2, 0.25) is 0 Å². The highest BCUT2D eigenvalue weighted by Gasteiger charge is 2.27. The summed E-state index contributed by atoms with van der Waals surface area (Å²) in [5.41, 5.74) is 1.09. The molecule has 0 aromatic heterocycles. The summed E-state index contributed by atoms with van der Waals surface area (Å²) in [7, 11) is 1.70. The lowest BCUT2D eigenvalue weighted by molar-refractivity contribution is 0.0473. The van der Waals surface area contributed by atoms with Crippen LogP contribution in [-0.2, 0) is 0 Å². The van der Waals surface area contributed by atoms with Crippen LogP contribution >= 0.6 is 15.9 Å². The molecule has 1 rings (SSSR count). The first kappa shape index (κ1) is 14.2. The second kappa shape index (κ2) is 5.19. The molecule has 0 bridgehead atoms. The van der Waals surface area contributed by atoms with Gasteiger partial charge >= 0.3 is 0 Å². The van der Waals surface area contributed by atoms with Gasteiger partial charge in [0.15, 0.2) is 0 Å². The second-order valence-electron chi connectivity index (χ2n) is 4.85. The highest BCUT2D eigenvalue weighted by molar-refractivity contribution is 9.10. The maximum atomic E-state index is 12.2. The molecule has 0 atom stereocenters. The van der Waals surface area contributed by atoms with Crippen molar-refractivity contribution in [2.75, 3.05) is 13.7 Å². The fraction of sp³-hybridized carbons (Fsp3) is 0.462. The molecule has 1 aromatic rings. The number of likely N-dealkylation sites (N-methyl/N-ethyl adjacent to an activating group) is 1. The first-order chi connectivity index (χ1) is 7.77. The van der Waals surface area contributed by atoms with Crippen LogP contribution < -0.4 is 0 Å². The zero-order valence-electron chi connectivity index (χ0n) is 10.6. The van der Waals surface area contributed by atoms with Crippen LogP contribution in [0.5, 0.6) is 0 Å². The van der Waals surface area contributed by atoms with Gasteiger partial charge in [-0.3, -0.25) is 4.79 Å². The lowest BCUT2D eigenvalue weighted by atomic mass is 10.0. The molecule has 0 aliphatic carbocycles. The quantitative estimate of drug-likeness (QED) is 0.932. The molecule has 0 radical (unpaired) electrons. The van der Waals surface area contributed by atoms with Crippen LogP contribution in [0.15, 0.2) is 22.7 Å². The highest BCUT2D eigenvalue weighted by Crippen LogP contribution is 2.20. The van der Waals surface area contributed by atoms with Gasteiger partial charge in [0.1, 0.15) is 0 Å². The average Bonchev–Trinajstić information content (AvgIpc) is 2.25. The van der Waals surface area contributed by atoms with Crippen molar-refractivity contribution in [2.45, 2.75) is 26.3 Å². The molecule has 0 saturated heterocycles. The fourth-order valence-corrected chi connectivity index (χ4v) is 2.04. The summed E-state index contributed by atoms with van der Waals surface area (Å²) in [5.74, 6) is -0.0894. The zero-order valence-corrected chi connectivity index (χ0v) is 12.2. The second-order valence-corrected chi connectivity index (χ2v) is 5.77. The van der Waals surface area contributed by atoms with E-state index in [-0.39, 0.29) is 12.5 Å². The first-order valence-corrected chi connectivity index (χ1v) is 6.23. The minimum Gasteiger partial charge on any atom is -0.394 e. The molecule has 1 aromatic carbocycles. The van der Waals surface area contributed by atoms with Gasteiger partial charge in [-0.1, -0.05) is 15.9 Å². The molecule has 0 aliphatic heterocycles. The Balaban J connectivity index is 3.04. The average molecular weight is 300 g/mol. The summed E-state index contributed by atoms with van der Waals surface area (Å²) in [5, 5.41) is 9.27. The van der Waals surface area contributed by atoms with E-state index in [1.165, 1.54) is 0 Å². The monoisotopic (exact) mass is 299 g/mol. The summed E-state index contributed by atoms with van der Waals surface area (Å²) in [6, 6.07) is 5.59. The summed E-state index contributed by atoms with van der Waals surface area (Å²) < 4.78 is 0.885. The highest BCUT2D eigenvalue weighted by atomic mass is 79.9. The van der Waals surface area contributed by atoms with E-state index in [0.717, 1.165) is 10.0 Å². The number of hydrogen-bond acceptors (Lipinski definition) is 2. The van der Waals surface area contributed by atoms with Crippen molar-refractivity contribution < 1.29 is 9.90 Å². The molecule has 0 heterocycles.